The zero-order valence-corrected chi connectivity index (χ0v) is 17.3. The zero-order valence-electron chi connectivity index (χ0n) is 17.3. The quantitative estimate of drug-likeness (QED) is 0.770. The third-order valence-corrected chi connectivity index (χ3v) is 6.20. The van der Waals surface area contributed by atoms with Crippen molar-refractivity contribution in [2.45, 2.75) is 59.0 Å². The third kappa shape index (κ3) is 4.29. The molecule has 4 heterocycles. The Kier molecular flexibility index (Phi) is 5.84. The van der Waals surface area contributed by atoms with Gasteiger partial charge in [-0.15, -0.1) is 0 Å². The van der Waals surface area contributed by atoms with Crippen molar-refractivity contribution in [2.24, 2.45) is 5.92 Å². The van der Waals surface area contributed by atoms with Crippen LogP contribution in [-0.4, -0.2) is 56.5 Å². The topological polar surface area (TPSA) is 98.2 Å². The van der Waals surface area contributed by atoms with Crippen molar-refractivity contribution < 1.29 is 9.32 Å². The standard InChI is InChI=1S/C20H30N6O3/c1-14-17(15(2)29-23-14)13-26-20(28)25-11-7-16(5-6-18(25)22-26)19(27)21-8-12-24-9-3-4-10-24/h16H,3-13H2,1-2H3,(H,21,27). The highest BCUT2D eigenvalue weighted by molar-refractivity contribution is 5.78. The van der Waals surface area contributed by atoms with Gasteiger partial charge in [0, 0.05) is 37.5 Å². The van der Waals surface area contributed by atoms with Crippen LogP contribution in [0.15, 0.2) is 9.32 Å². The zero-order chi connectivity index (χ0) is 20.4. The Bertz CT molecular complexity index is 902. The van der Waals surface area contributed by atoms with Gasteiger partial charge in [0.2, 0.25) is 5.91 Å². The molecule has 9 heteroatoms. The van der Waals surface area contributed by atoms with Crippen LogP contribution in [-0.2, 0) is 24.3 Å². The minimum atomic E-state index is -0.130. The molecule has 2 aliphatic heterocycles. The second kappa shape index (κ2) is 8.52. The van der Waals surface area contributed by atoms with E-state index in [0.29, 0.717) is 38.2 Å². The molecule has 9 nitrogen and oxygen atoms in total. The van der Waals surface area contributed by atoms with Crippen LogP contribution in [0.3, 0.4) is 0 Å². The Hall–Kier alpha value is -2.42. The molecule has 1 unspecified atom stereocenters. The molecule has 0 aromatic carbocycles. The minimum absolute atomic E-state index is 0.0642. The molecule has 1 fully saturated rings. The van der Waals surface area contributed by atoms with Crippen LogP contribution in [0.2, 0.25) is 0 Å². The van der Waals surface area contributed by atoms with Gasteiger partial charge in [-0.25, -0.2) is 9.48 Å². The number of nitrogens with zero attached hydrogens (tertiary/aromatic N) is 5. The number of amides is 1. The number of hydrogen-bond acceptors (Lipinski definition) is 6. The Balaban J connectivity index is 1.35. The van der Waals surface area contributed by atoms with Gasteiger partial charge in [0.1, 0.15) is 11.6 Å². The number of fused-ring (bicyclic) bond motifs is 1. The van der Waals surface area contributed by atoms with Crippen molar-refractivity contribution in [1.29, 1.82) is 0 Å². The SMILES string of the molecule is Cc1noc(C)c1Cn1nc2n(c1=O)CCC(C(=O)NCCN1CCCC1)CC2. The number of nitrogens with one attached hydrogen (secondary N) is 1. The number of rotatable bonds is 6. The summed E-state index contributed by atoms with van der Waals surface area (Å²) in [6.45, 7) is 8.50. The lowest BCUT2D eigenvalue weighted by atomic mass is 9.99. The van der Waals surface area contributed by atoms with Gasteiger partial charge >= 0.3 is 5.69 Å². The second-order valence-electron chi connectivity index (χ2n) is 8.17. The number of aryl methyl sites for hydroxylation is 3. The first-order valence-corrected chi connectivity index (χ1v) is 10.6. The number of carbonyl (C=O) groups is 1. The fraction of sp³-hybridized carbons (Fsp3) is 0.700. The van der Waals surface area contributed by atoms with Crippen molar-refractivity contribution in [1.82, 2.24) is 29.7 Å². The molecule has 0 saturated carbocycles. The van der Waals surface area contributed by atoms with Gasteiger partial charge in [0.05, 0.1) is 12.2 Å². The smallest absolute Gasteiger partial charge is 0.346 e. The molecular weight excluding hydrogens is 372 g/mol. The molecule has 4 rings (SSSR count). The van der Waals surface area contributed by atoms with Gasteiger partial charge in [-0.3, -0.25) is 9.36 Å². The van der Waals surface area contributed by atoms with Crippen LogP contribution in [0.25, 0.3) is 0 Å². The highest BCUT2D eigenvalue weighted by Gasteiger charge is 2.26. The van der Waals surface area contributed by atoms with E-state index in [-0.39, 0.29) is 17.5 Å². The maximum atomic E-state index is 12.8. The first-order chi connectivity index (χ1) is 14.0. The van der Waals surface area contributed by atoms with Crippen molar-refractivity contribution in [3.63, 3.8) is 0 Å². The summed E-state index contributed by atoms with van der Waals surface area (Å²) in [5, 5.41) is 11.6. The Labute approximate surface area is 170 Å². The van der Waals surface area contributed by atoms with Gasteiger partial charge in [0.15, 0.2) is 0 Å². The second-order valence-corrected chi connectivity index (χ2v) is 8.17. The summed E-state index contributed by atoms with van der Waals surface area (Å²) in [5.41, 5.74) is 1.55. The van der Waals surface area contributed by atoms with Crippen LogP contribution in [0.5, 0.6) is 0 Å². The monoisotopic (exact) mass is 402 g/mol. The number of aromatic nitrogens is 4. The maximum absolute atomic E-state index is 12.8. The fourth-order valence-electron chi connectivity index (χ4n) is 4.36. The molecule has 29 heavy (non-hydrogen) atoms. The molecule has 1 atom stereocenters. The molecule has 2 aromatic rings. The Morgan fingerprint density at radius 2 is 2.00 bits per heavy atom. The van der Waals surface area contributed by atoms with E-state index < -0.39 is 0 Å². The average Bonchev–Trinajstić information content (AvgIpc) is 3.35. The average molecular weight is 402 g/mol. The fourth-order valence-corrected chi connectivity index (χ4v) is 4.36. The first kappa shape index (κ1) is 19.9. The lowest BCUT2D eigenvalue weighted by Crippen LogP contribution is -2.37. The van der Waals surface area contributed by atoms with Crippen LogP contribution < -0.4 is 11.0 Å². The third-order valence-electron chi connectivity index (χ3n) is 6.20. The molecule has 158 valence electrons. The van der Waals surface area contributed by atoms with E-state index in [2.05, 4.69) is 20.5 Å². The lowest BCUT2D eigenvalue weighted by molar-refractivity contribution is -0.125. The molecule has 1 amide bonds. The molecule has 0 spiro atoms. The van der Waals surface area contributed by atoms with Crippen LogP contribution in [0.4, 0.5) is 0 Å². The summed E-state index contributed by atoms with van der Waals surface area (Å²) >= 11 is 0. The summed E-state index contributed by atoms with van der Waals surface area (Å²) < 4.78 is 8.39. The number of likely N-dealkylation sites (tertiary alicyclic amines) is 1. The molecular formula is C20H30N6O3. The van der Waals surface area contributed by atoms with Gasteiger partial charge in [-0.1, -0.05) is 5.16 Å². The number of carbonyl (C=O) groups excluding carboxylic acids is 1. The lowest BCUT2D eigenvalue weighted by Gasteiger charge is -2.17. The van der Waals surface area contributed by atoms with Crippen molar-refractivity contribution in [3.8, 4) is 0 Å². The van der Waals surface area contributed by atoms with Crippen molar-refractivity contribution in [2.75, 3.05) is 26.2 Å². The van der Waals surface area contributed by atoms with Gasteiger partial charge in [0.25, 0.3) is 0 Å². The summed E-state index contributed by atoms with van der Waals surface area (Å²) in [4.78, 5) is 27.8. The maximum Gasteiger partial charge on any atom is 0.346 e. The Morgan fingerprint density at radius 3 is 2.72 bits per heavy atom. The normalized spacial score (nSPS) is 19.9. The largest absolute Gasteiger partial charge is 0.361 e. The van der Waals surface area contributed by atoms with Crippen LogP contribution in [0, 0.1) is 19.8 Å². The summed E-state index contributed by atoms with van der Waals surface area (Å²) in [5.74, 6) is 1.51. The van der Waals surface area contributed by atoms with E-state index in [1.165, 1.54) is 17.5 Å². The van der Waals surface area contributed by atoms with E-state index in [9.17, 15) is 9.59 Å². The van der Waals surface area contributed by atoms with Gasteiger partial charge in [-0.2, -0.15) is 5.10 Å². The summed E-state index contributed by atoms with van der Waals surface area (Å²) in [6.07, 6.45) is 4.54. The molecule has 1 saturated heterocycles. The van der Waals surface area contributed by atoms with Crippen molar-refractivity contribution >= 4 is 5.91 Å². The first-order valence-electron chi connectivity index (χ1n) is 10.6. The van der Waals surface area contributed by atoms with Gasteiger partial charge in [-0.05, 0) is 52.6 Å². The van der Waals surface area contributed by atoms with E-state index in [1.54, 1.807) is 4.57 Å². The van der Waals surface area contributed by atoms with Crippen LogP contribution in [0.1, 0.15) is 48.5 Å². The molecule has 2 aromatic heterocycles. The predicted octanol–water partition coefficient (Wildman–Crippen LogP) is 0.862. The Morgan fingerprint density at radius 1 is 1.21 bits per heavy atom. The van der Waals surface area contributed by atoms with Crippen LogP contribution >= 0.6 is 0 Å². The molecule has 1 N–H and O–H groups in total. The van der Waals surface area contributed by atoms with E-state index in [1.807, 2.05) is 13.8 Å². The number of hydrogen-bond donors (Lipinski definition) is 1. The van der Waals surface area contributed by atoms with E-state index in [4.69, 9.17) is 4.52 Å². The van der Waals surface area contributed by atoms with E-state index >= 15 is 0 Å². The van der Waals surface area contributed by atoms with Gasteiger partial charge < -0.3 is 14.7 Å². The molecule has 0 bridgehead atoms. The molecule has 2 aliphatic rings. The molecule has 0 aliphatic carbocycles. The summed E-state index contributed by atoms with van der Waals surface area (Å²) in [7, 11) is 0. The highest BCUT2D eigenvalue weighted by Crippen LogP contribution is 2.19. The van der Waals surface area contributed by atoms with E-state index in [0.717, 1.165) is 43.1 Å². The minimum Gasteiger partial charge on any atom is -0.361 e. The molecule has 0 radical (unpaired) electrons. The van der Waals surface area contributed by atoms with Crippen molar-refractivity contribution in [3.05, 3.63) is 33.3 Å². The predicted molar refractivity (Wildman–Crippen MR) is 107 cm³/mol. The highest BCUT2D eigenvalue weighted by atomic mass is 16.5. The summed E-state index contributed by atoms with van der Waals surface area (Å²) in [6, 6.07) is 0.